The van der Waals surface area contributed by atoms with Crippen LogP contribution in [-0.2, 0) is 38.6 Å². The van der Waals surface area contributed by atoms with Crippen LogP contribution in [0.25, 0.3) is 11.1 Å². The van der Waals surface area contributed by atoms with Gasteiger partial charge in [0.25, 0.3) is 5.91 Å². The number of aromatic nitrogens is 2. The minimum Gasteiger partial charge on any atom is -0.468 e. The Hall–Kier alpha value is -5.26. The molecule has 0 aliphatic carbocycles. The minimum absolute atomic E-state index is 0.0731. The number of ketones is 1. The van der Waals surface area contributed by atoms with Crippen molar-refractivity contribution in [2.24, 2.45) is 0 Å². The number of pyridine rings is 2. The summed E-state index contributed by atoms with van der Waals surface area (Å²) >= 11 is 0. The molecule has 0 saturated carbocycles. The molecule has 0 bridgehead atoms. The van der Waals surface area contributed by atoms with Gasteiger partial charge in [0.15, 0.2) is 5.78 Å². The molecule has 2 aromatic carbocycles. The van der Waals surface area contributed by atoms with Gasteiger partial charge in [0.2, 0.25) is 0 Å². The number of benzene rings is 2. The van der Waals surface area contributed by atoms with E-state index in [0.717, 1.165) is 102 Å². The lowest BCUT2D eigenvalue weighted by atomic mass is 9.91. The fourth-order valence-corrected chi connectivity index (χ4v) is 8.06. The Morgan fingerprint density at radius 2 is 1.20 bits per heavy atom. The van der Waals surface area contributed by atoms with Crippen molar-refractivity contribution in [3.8, 4) is 11.1 Å². The van der Waals surface area contributed by atoms with Crippen LogP contribution in [0.4, 0.5) is 5.69 Å². The molecule has 2 aromatic heterocycles. The van der Waals surface area contributed by atoms with Crippen molar-refractivity contribution >= 4 is 29.3 Å². The number of rotatable bonds is 12. The third-order valence-electron chi connectivity index (χ3n) is 11.5. The second-order valence-corrected chi connectivity index (χ2v) is 15.1. The second-order valence-electron chi connectivity index (χ2n) is 15.1. The summed E-state index contributed by atoms with van der Waals surface area (Å²) in [7, 11) is 2.86. The zero-order chi connectivity index (χ0) is 39.9. The van der Waals surface area contributed by atoms with E-state index in [2.05, 4.69) is 25.1 Å². The lowest BCUT2D eigenvalue weighted by Gasteiger charge is -2.33. The summed E-state index contributed by atoms with van der Waals surface area (Å²) in [5.41, 5.74) is 9.96. The van der Waals surface area contributed by atoms with E-state index in [0.29, 0.717) is 30.2 Å². The van der Waals surface area contributed by atoms with Gasteiger partial charge in [-0.25, -0.2) is 0 Å². The molecule has 294 valence electrons. The Labute approximate surface area is 329 Å². The molecule has 1 amide bonds. The van der Waals surface area contributed by atoms with Crippen molar-refractivity contribution in [3.63, 3.8) is 0 Å². The Morgan fingerprint density at radius 3 is 1.75 bits per heavy atom. The number of aryl methyl sites for hydroxylation is 2. The molecular weight excluding hydrogens is 707 g/mol. The number of Topliss-reactive ketones (excluding diaryl/α,β-unsaturated/α-hetero) is 1. The van der Waals surface area contributed by atoms with Gasteiger partial charge < -0.3 is 14.8 Å². The Morgan fingerprint density at radius 1 is 0.679 bits per heavy atom. The average Bonchev–Trinajstić information content (AvgIpc) is 3.20. The SMILES string of the molecule is COC(=O)[C@@H]1CCCCN1Cc1cnc(C(=O)Cc2cccc(-c3cccc(NC(=O)c4cc(C)c(CN5CCCC[C@H]5C(=O)OC)cn4)c3C)c2C)cc1C. The quantitative estimate of drug-likeness (QED) is 0.118. The average molecular weight is 760 g/mol. The van der Waals surface area contributed by atoms with Crippen molar-refractivity contribution in [3.05, 3.63) is 111 Å². The highest BCUT2D eigenvalue weighted by Crippen LogP contribution is 2.33. The molecular formula is C45H53N5O6. The van der Waals surface area contributed by atoms with Crippen molar-refractivity contribution in [2.75, 3.05) is 32.6 Å². The summed E-state index contributed by atoms with van der Waals surface area (Å²) in [5, 5.41) is 3.07. The Balaban J connectivity index is 1.13. The van der Waals surface area contributed by atoms with Gasteiger partial charge in [-0.05, 0) is 135 Å². The van der Waals surface area contributed by atoms with E-state index in [1.165, 1.54) is 14.2 Å². The second kappa shape index (κ2) is 18.1. The lowest BCUT2D eigenvalue weighted by Crippen LogP contribution is -2.44. The molecule has 2 atom stereocenters. The highest BCUT2D eigenvalue weighted by molar-refractivity contribution is 6.04. The molecule has 0 unspecified atom stereocenters. The van der Waals surface area contributed by atoms with E-state index >= 15 is 0 Å². The lowest BCUT2D eigenvalue weighted by molar-refractivity contribution is -0.149. The van der Waals surface area contributed by atoms with E-state index in [1.54, 1.807) is 18.5 Å². The number of nitrogens with zero attached hydrogens (tertiary/aromatic N) is 4. The normalized spacial score (nSPS) is 17.6. The number of hydrogen-bond donors (Lipinski definition) is 1. The van der Waals surface area contributed by atoms with Gasteiger partial charge in [-0.3, -0.25) is 38.9 Å². The van der Waals surface area contributed by atoms with E-state index in [-0.39, 0.29) is 42.1 Å². The van der Waals surface area contributed by atoms with Crippen molar-refractivity contribution < 1.29 is 28.7 Å². The molecule has 2 aliphatic heterocycles. The fraction of sp³-hybridized carbons (Fsp3) is 0.422. The maximum Gasteiger partial charge on any atom is 0.323 e. The van der Waals surface area contributed by atoms with Crippen LogP contribution >= 0.6 is 0 Å². The molecule has 6 rings (SSSR count). The summed E-state index contributed by atoms with van der Waals surface area (Å²) in [6, 6.07) is 14.9. The number of carbonyl (C=O) groups is 4. The van der Waals surface area contributed by atoms with Crippen LogP contribution in [0.5, 0.6) is 0 Å². The van der Waals surface area contributed by atoms with Crippen LogP contribution in [0.3, 0.4) is 0 Å². The van der Waals surface area contributed by atoms with Crippen LogP contribution in [-0.4, -0.2) is 82.8 Å². The summed E-state index contributed by atoms with van der Waals surface area (Å²) in [6.07, 6.45) is 9.28. The van der Waals surface area contributed by atoms with Crippen molar-refractivity contribution in [1.82, 2.24) is 19.8 Å². The first-order chi connectivity index (χ1) is 27.0. The van der Waals surface area contributed by atoms with Crippen LogP contribution in [0.15, 0.2) is 60.9 Å². The number of methoxy groups -OCH3 is 2. The number of piperidine rings is 2. The zero-order valence-electron chi connectivity index (χ0n) is 33.4. The predicted molar refractivity (Wildman–Crippen MR) is 215 cm³/mol. The number of hydrogen-bond acceptors (Lipinski definition) is 10. The predicted octanol–water partition coefficient (Wildman–Crippen LogP) is 7.11. The van der Waals surface area contributed by atoms with Gasteiger partial charge >= 0.3 is 11.9 Å². The third kappa shape index (κ3) is 9.06. The van der Waals surface area contributed by atoms with Crippen molar-refractivity contribution in [2.45, 2.75) is 97.8 Å². The number of ether oxygens (including phenoxy) is 2. The topological polar surface area (TPSA) is 131 Å². The Bertz CT molecular complexity index is 1970. The standard InChI is InChI=1S/C45H53N5O6/c1-28-21-38(46-24-33(28)26-49-19-9-7-17-40(49)44(53)55-5)42(51)23-32-13-11-14-35(30(32)3)36-15-12-16-37(31(36)4)48-43(52)39-22-29(2)34(25-47-39)27-50-20-10-8-18-41(50)45(54)56-6/h11-16,21-22,24-25,40-41H,7-10,17-20,23,26-27H2,1-6H3,(H,48,52)/t40-,41-/m0/s1. The summed E-state index contributed by atoms with van der Waals surface area (Å²) in [6.45, 7) is 10.7. The van der Waals surface area contributed by atoms with Crippen LogP contribution in [0.1, 0.15) is 98.4 Å². The van der Waals surface area contributed by atoms with Gasteiger partial charge in [0, 0.05) is 37.6 Å². The van der Waals surface area contributed by atoms with Gasteiger partial charge in [-0.2, -0.15) is 0 Å². The van der Waals surface area contributed by atoms with Gasteiger partial charge in [-0.1, -0.05) is 43.2 Å². The van der Waals surface area contributed by atoms with Gasteiger partial charge in [-0.15, -0.1) is 0 Å². The molecule has 0 spiro atoms. The van der Waals surface area contributed by atoms with Crippen LogP contribution in [0.2, 0.25) is 0 Å². The molecule has 2 fully saturated rings. The number of esters is 2. The van der Waals surface area contributed by atoms with E-state index < -0.39 is 0 Å². The number of anilines is 1. The highest BCUT2D eigenvalue weighted by atomic mass is 16.5. The molecule has 11 nitrogen and oxygen atoms in total. The van der Waals surface area contributed by atoms with Gasteiger partial charge in [0.05, 0.1) is 14.2 Å². The number of nitrogens with one attached hydrogen (secondary N) is 1. The Kier molecular flexibility index (Phi) is 13.1. The molecule has 4 aromatic rings. The fourth-order valence-electron chi connectivity index (χ4n) is 8.06. The molecule has 11 heteroatoms. The number of carbonyl (C=O) groups excluding carboxylic acids is 4. The molecule has 2 aliphatic rings. The monoisotopic (exact) mass is 759 g/mol. The molecule has 2 saturated heterocycles. The van der Waals surface area contributed by atoms with Crippen molar-refractivity contribution in [1.29, 1.82) is 0 Å². The number of amides is 1. The first-order valence-corrected chi connectivity index (χ1v) is 19.6. The maximum atomic E-state index is 13.6. The smallest absolute Gasteiger partial charge is 0.323 e. The molecule has 1 N–H and O–H groups in total. The minimum atomic E-state index is -0.311. The molecule has 0 radical (unpaired) electrons. The molecule has 56 heavy (non-hydrogen) atoms. The first-order valence-electron chi connectivity index (χ1n) is 19.6. The molecule has 4 heterocycles. The largest absolute Gasteiger partial charge is 0.468 e. The first kappa shape index (κ1) is 40.4. The van der Waals surface area contributed by atoms with Gasteiger partial charge in [0.1, 0.15) is 23.5 Å². The van der Waals surface area contributed by atoms with E-state index in [1.807, 2.05) is 70.2 Å². The third-order valence-corrected chi connectivity index (χ3v) is 11.5. The maximum absolute atomic E-state index is 13.6. The van der Waals surface area contributed by atoms with Crippen LogP contribution < -0.4 is 5.32 Å². The summed E-state index contributed by atoms with van der Waals surface area (Å²) in [5.74, 6) is -0.803. The highest BCUT2D eigenvalue weighted by Gasteiger charge is 2.31. The summed E-state index contributed by atoms with van der Waals surface area (Å²) in [4.78, 5) is 65.3. The zero-order valence-corrected chi connectivity index (χ0v) is 33.4. The van der Waals surface area contributed by atoms with E-state index in [4.69, 9.17) is 9.47 Å². The number of likely N-dealkylation sites (tertiary alicyclic amines) is 2. The summed E-state index contributed by atoms with van der Waals surface area (Å²) < 4.78 is 10.1. The van der Waals surface area contributed by atoms with E-state index in [9.17, 15) is 19.2 Å². The van der Waals surface area contributed by atoms with Crippen LogP contribution in [0, 0.1) is 27.7 Å².